The molecule has 1 aromatic heterocycles. The van der Waals surface area contributed by atoms with Crippen molar-refractivity contribution in [1.82, 2.24) is 0 Å². The molecule has 0 aliphatic heterocycles. The Morgan fingerprint density at radius 3 is 2.37 bits per heavy atom. The minimum atomic E-state index is -0.906. The number of para-hydroxylation sites is 1. The quantitative estimate of drug-likeness (QED) is 0.300. The van der Waals surface area contributed by atoms with Crippen molar-refractivity contribution in [2.75, 3.05) is 13.2 Å². The number of aliphatic imine (C=N–C) groups is 1. The maximum absolute atomic E-state index is 12.2. The zero-order valence-corrected chi connectivity index (χ0v) is 17.5. The molecule has 0 fully saturated rings. The fourth-order valence-electron chi connectivity index (χ4n) is 3.05. The van der Waals surface area contributed by atoms with E-state index in [9.17, 15) is 19.8 Å². The van der Waals surface area contributed by atoms with Gasteiger partial charge in [0.2, 0.25) is 0 Å². The summed E-state index contributed by atoms with van der Waals surface area (Å²) in [6, 6.07) is 9.67. The number of benzene rings is 1. The molecule has 30 heavy (non-hydrogen) atoms. The third-order valence-electron chi connectivity index (χ3n) is 4.67. The number of nitrogens with zero attached hydrogens (tertiary/aromatic N) is 1. The predicted octanol–water partition coefficient (Wildman–Crippen LogP) is 4.48. The predicted molar refractivity (Wildman–Crippen MR) is 115 cm³/mol. The Hall–Kier alpha value is -3.09. The molecule has 0 unspecified atom stereocenters. The Labute approximate surface area is 176 Å². The molecular formula is C23H29NO6. The highest BCUT2D eigenvalue weighted by atomic mass is 16.5. The summed E-state index contributed by atoms with van der Waals surface area (Å²) in [6.07, 6.45) is 4.14. The van der Waals surface area contributed by atoms with Crippen LogP contribution in [0.15, 0.2) is 44.5 Å². The Kier molecular flexibility index (Phi) is 9.12. The van der Waals surface area contributed by atoms with E-state index in [1.165, 1.54) is 0 Å². The molecule has 0 bridgehead atoms. The molecule has 2 aromatic rings. The molecular weight excluding hydrogens is 386 g/mol. The van der Waals surface area contributed by atoms with Crippen LogP contribution < -0.4 is 10.4 Å². The fraction of sp³-hybridized carbons (Fsp3) is 0.435. The summed E-state index contributed by atoms with van der Waals surface area (Å²) in [6.45, 7) is 4.53. The Morgan fingerprint density at radius 1 is 1.00 bits per heavy atom. The molecule has 162 valence electrons. The largest absolute Gasteiger partial charge is 0.506 e. The van der Waals surface area contributed by atoms with Crippen LogP contribution in [0.1, 0.15) is 68.3 Å². The molecule has 1 heterocycles. The lowest BCUT2D eigenvalue weighted by molar-refractivity contribution is 0.0976. The van der Waals surface area contributed by atoms with Gasteiger partial charge in [-0.1, -0.05) is 38.5 Å². The van der Waals surface area contributed by atoms with Gasteiger partial charge in [0.15, 0.2) is 5.78 Å². The van der Waals surface area contributed by atoms with Crippen molar-refractivity contribution < 1.29 is 24.2 Å². The van der Waals surface area contributed by atoms with E-state index in [-0.39, 0.29) is 17.5 Å². The van der Waals surface area contributed by atoms with Crippen LogP contribution in [0.3, 0.4) is 0 Å². The summed E-state index contributed by atoms with van der Waals surface area (Å²) in [5.41, 5.74) is -1.06. The van der Waals surface area contributed by atoms with Gasteiger partial charge in [-0.05, 0) is 37.8 Å². The monoisotopic (exact) mass is 415 g/mol. The average Bonchev–Trinajstić information content (AvgIpc) is 2.74. The number of unbranched alkanes of at least 4 members (excludes halogenated alkanes) is 3. The Balaban J connectivity index is 1.90. The second-order valence-corrected chi connectivity index (χ2v) is 6.83. The molecule has 0 aliphatic rings. The highest BCUT2D eigenvalue weighted by Gasteiger charge is 2.25. The van der Waals surface area contributed by atoms with Crippen LogP contribution >= 0.6 is 0 Å². The Bertz CT molecular complexity index is 917. The molecule has 7 heteroatoms. The standard InChI is InChI=1S/C23H29NO6/c1-3-17(19-21(26)20(18(25)4-2)23(28)30-22(19)27)24-14-10-5-6-11-15-29-16-12-8-7-9-13-16/h7-9,12-13,26,28H,3-6,10-11,14-15H2,1-2H3. The van der Waals surface area contributed by atoms with E-state index >= 15 is 0 Å². The molecule has 0 radical (unpaired) electrons. The van der Waals surface area contributed by atoms with Gasteiger partial charge in [-0.3, -0.25) is 9.79 Å². The summed E-state index contributed by atoms with van der Waals surface area (Å²) in [7, 11) is 0. The van der Waals surface area contributed by atoms with Crippen molar-refractivity contribution in [2.45, 2.75) is 52.4 Å². The van der Waals surface area contributed by atoms with E-state index in [4.69, 9.17) is 9.15 Å². The summed E-state index contributed by atoms with van der Waals surface area (Å²) in [4.78, 5) is 28.6. The van der Waals surface area contributed by atoms with Gasteiger partial charge in [-0.2, -0.15) is 0 Å². The number of carbonyl (C=O) groups is 1. The van der Waals surface area contributed by atoms with Crippen LogP contribution in [0.25, 0.3) is 0 Å². The number of aromatic hydroxyl groups is 2. The summed E-state index contributed by atoms with van der Waals surface area (Å²) in [5, 5.41) is 20.2. The average molecular weight is 415 g/mol. The number of hydrogen-bond acceptors (Lipinski definition) is 7. The number of ketones is 1. The van der Waals surface area contributed by atoms with Crippen LogP contribution in [-0.4, -0.2) is 34.9 Å². The second kappa shape index (κ2) is 11.8. The van der Waals surface area contributed by atoms with Crippen LogP contribution in [0.4, 0.5) is 0 Å². The number of Topliss-reactive ketones (excluding diaryl/α,β-unsaturated/α-hetero) is 1. The van der Waals surface area contributed by atoms with E-state index in [2.05, 4.69) is 4.99 Å². The lowest BCUT2D eigenvalue weighted by Crippen LogP contribution is -2.17. The number of rotatable bonds is 12. The van der Waals surface area contributed by atoms with E-state index in [0.717, 1.165) is 31.4 Å². The zero-order valence-electron chi connectivity index (χ0n) is 17.5. The lowest BCUT2D eigenvalue weighted by atomic mass is 10.0. The molecule has 1 aromatic carbocycles. The van der Waals surface area contributed by atoms with Gasteiger partial charge in [-0.25, -0.2) is 4.79 Å². The molecule has 0 aliphatic carbocycles. The zero-order chi connectivity index (χ0) is 21.9. The molecule has 0 atom stereocenters. The SMILES string of the molecule is CCC(=O)c1c(O)oc(=O)c(C(CC)=NCCCCCCOc2ccccc2)c1O. The van der Waals surface area contributed by atoms with E-state index < -0.39 is 23.1 Å². The van der Waals surface area contributed by atoms with Gasteiger partial charge in [0.05, 0.1) is 12.3 Å². The molecule has 0 amide bonds. The summed E-state index contributed by atoms with van der Waals surface area (Å²) < 4.78 is 10.4. The highest BCUT2D eigenvalue weighted by Crippen LogP contribution is 2.30. The first-order chi connectivity index (χ1) is 14.5. The van der Waals surface area contributed by atoms with Crippen molar-refractivity contribution in [3.8, 4) is 17.4 Å². The van der Waals surface area contributed by atoms with Crippen LogP contribution in [0, 0.1) is 0 Å². The first-order valence-electron chi connectivity index (χ1n) is 10.3. The van der Waals surface area contributed by atoms with Gasteiger partial charge in [-0.15, -0.1) is 0 Å². The maximum Gasteiger partial charge on any atom is 0.351 e. The third-order valence-corrected chi connectivity index (χ3v) is 4.67. The Morgan fingerprint density at radius 2 is 1.70 bits per heavy atom. The first-order valence-corrected chi connectivity index (χ1v) is 10.3. The lowest BCUT2D eigenvalue weighted by Gasteiger charge is -2.10. The van der Waals surface area contributed by atoms with Crippen molar-refractivity contribution in [3.63, 3.8) is 0 Å². The molecule has 2 rings (SSSR count). The van der Waals surface area contributed by atoms with Gasteiger partial charge >= 0.3 is 5.63 Å². The van der Waals surface area contributed by atoms with Gasteiger partial charge < -0.3 is 19.4 Å². The highest BCUT2D eigenvalue weighted by molar-refractivity contribution is 6.07. The van der Waals surface area contributed by atoms with Crippen molar-refractivity contribution in [1.29, 1.82) is 0 Å². The fourth-order valence-corrected chi connectivity index (χ4v) is 3.05. The normalized spacial score (nSPS) is 11.5. The number of carbonyl (C=O) groups excluding carboxylic acids is 1. The summed E-state index contributed by atoms with van der Waals surface area (Å²) in [5.74, 6) is -1.07. The van der Waals surface area contributed by atoms with E-state index in [0.29, 0.717) is 25.3 Å². The molecule has 0 saturated carbocycles. The molecule has 7 nitrogen and oxygen atoms in total. The third kappa shape index (κ3) is 6.20. The number of hydrogen-bond donors (Lipinski definition) is 2. The van der Waals surface area contributed by atoms with Crippen molar-refractivity contribution >= 4 is 11.5 Å². The molecule has 0 saturated heterocycles. The van der Waals surface area contributed by atoms with Gasteiger partial charge in [0.1, 0.15) is 22.6 Å². The van der Waals surface area contributed by atoms with E-state index in [1.807, 2.05) is 30.3 Å². The molecule has 2 N–H and O–H groups in total. The second-order valence-electron chi connectivity index (χ2n) is 6.83. The topological polar surface area (TPSA) is 109 Å². The van der Waals surface area contributed by atoms with Crippen LogP contribution in [0.5, 0.6) is 17.4 Å². The van der Waals surface area contributed by atoms with Crippen molar-refractivity contribution in [2.24, 2.45) is 4.99 Å². The van der Waals surface area contributed by atoms with Crippen molar-refractivity contribution in [3.05, 3.63) is 51.9 Å². The van der Waals surface area contributed by atoms with Crippen LogP contribution in [-0.2, 0) is 0 Å². The van der Waals surface area contributed by atoms with E-state index in [1.54, 1.807) is 13.8 Å². The molecule has 0 spiro atoms. The van der Waals surface area contributed by atoms with Crippen LogP contribution in [0.2, 0.25) is 0 Å². The minimum absolute atomic E-state index is 0.0564. The van der Waals surface area contributed by atoms with Gasteiger partial charge in [0, 0.05) is 13.0 Å². The first kappa shape index (κ1) is 23.2. The summed E-state index contributed by atoms with van der Waals surface area (Å²) >= 11 is 0. The number of ether oxygens (including phenoxy) is 1. The van der Waals surface area contributed by atoms with Gasteiger partial charge in [0.25, 0.3) is 5.95 Å². The maximum atomic E-state index is 12.2. The smallest absolute Gasteiger partial charge is 0.351 e. The minimum Gasteiger partial charge on any atom is -0.506 e.